The number of hydrogen-bond donors (Lipinski definition) is 1. The summed E-state index contributed by atoms with van der Waals surface area (Å²) in [6.45, 7) is 6.54. The molecule has 1 atom stereocenters. The highest BCUT2D eigenvalue weighted by Gasteiger charge is 2.08. The van der Waals surface area contributed by atoms with Crippen molar-refractivity contribution in [2.24, 2.45) is 13.0 Å². The molecule has 0 aliphatic heterocycles. The van der Waals surface area contributed by atoms with Crippen LogP contribution in [0.1, 0.15) is 27.2 Å². The van der Waals surface area contributed by atoms with Gasteiger partial charge in [0.2, 0.25) is 5.95 Å². The monoisotopic (exact) mass is 183 g/mol. The third kappa shape index (κ3) is 3.01. The van der Waals surface area contributed by atoms with Gasteiger partial charge in [0.15, 0.2) is 0 Å². The molecule has 13 heavy (non-hydrogen) atoms. The van der Waals surface area contributed by atoms with Crippen LogP contribution in [0.25, 0.3) is 0 Å². The first-order chi connectivity index (χ1) is 6.09. The number of anilines is 1. The van der Waals surface area contributed by atoms with Gasteiger partial charge in [0, 0.05) is 13.1 Å². The first-order valence-electron chi connectivity index (χ1n) is 4.58. The van der Waals surface area contributed by atoms with E-state index in [1.165, 1.54) is 0 Å². The van der Waals surface area contributed by atoms with Crippen molar-refractivity contribution in [1.29, 1.82) is 0 Å². The molecule has 5 nitrogen and oxygen atoms in total. The quantitative estimate of drug-likeness (QED) is 0.758. The Bertz CT molecular complexity index is 255. The van der Waals surface area contributed by atoms with E-state index in [9.17, 15) is 0 Å². The lowest BCUT2D eigenvalue weighted by Crippen LogP contribution is -2.19. The fourth-order valence-corrected chi connectivity index (χ4v) is 1.34. The second kappa shape index (κ2) is 4.20. The number of tetrazole rings is 1. The third-order valence-corrected chi connectivity index (χ3v) is 1.82. The molecule has 74 valence electrons. The molecular weight excluding hydrogens is 166 g/mol. The van der Waals surface area contributed by atoms with Crippen LogP contribution >= 0.6 is 0 Å². The lowest BCUT2D eigenvalue weighted by atomic mass is 10.1. The highest BCUT2D eigenvalue weighted by atomic mass is 15.6. The molecule has 0 aliphatic carbocycles. The van der Waals surface area contributed by atoms with Gasteiger partial charge in [-0.05, 0) is 29.7 Å². The van der Waals surface area contributed by atoms with Gasteiger partial charge < -0.3 is 5.32 Å². The van der Waals surface area contributed by atoms with Crippen LogP contribution in [-0.4, -0.2) is 26.2 Å². The van der Waals surface area contributed by atoms with E-state index < -0.39 is 0 Å². The van der Waals surface area contributed by atoms with Gasteiger partial charge in [-0.1, -0.05) is 18.9 Å². The van der Waals surface area contributed by atoms with Gasteiger partial charge in [0.1, 0.15) is 0 Å². The summed E-state index contributed by atoms with van der Waals surface area (Å²) in [5.41, 5.74) is 0. The molecule has 0 fully saturated rings. The van der Waals surface area contributed by atoms with Crippen molar-refractivity contribution in [3.63, 3.8) is 0 Å². The molecule has 0 bridgehead atoms. The van der Waals surface area contributed by atoms with Crippen LogP contribution in [0, 0.1) is 5.92 Å². The summed E-state index contributed by atoms with van der Waals surface area (Å²) in [6, 6.07) is 0.407. The maximum absolute atomic E-state index is 3.85. The van der Waals surface area contributed by atoms with E-state index in [1.54, 1.807) is 4.68 Å². The predicted octanol–water partition coefficient (Wildman–Crippen LogP) is 1.06. The van der Waals surface area contributed by atoms with E-state index in [-0.39, 0.29) is 0 Å². The van der Waals surface area contributed by atoms with Crippen LogP contribution in [0.2, 0.25) is 0 Å². The minimum atomic E-state index is 0.407. The lowest BCUT2D eigenvalue weighted by Gasteiger charge is -2.15. The number of rotatable bonds is 4. The molecule has 0 radical (unpaired) electrons. The molecule has 0 amide bonds. The van der Waals surface area contributed by atoms with Crippen LogP contribution in [0.5, 0.6) is 0 Å². The van der Waals surface area contributed by atoms with Crippen molar-refractivity contribution in [3.8, 4) is 0 Å². The smallest absolute Gasteiger partial charge is 0.242 e. The second-order valence-electron chi connectivity index (χ2n) is 3.80. The molecule has 1 unspecified atom stereocenters. The van der Waals surface area contributed by atoms with Crippen molar-refractivity contribution in [2.45, 2.75) is 33.2 Å². The van der Waals surface area contributed by atoms with E-state index >= 15 is 0 Å². The molecule has 1 aromatic rings. The standard InChI is InChI=1S/C8H17N5/c1-6(2)5-7(3)9-8-10-11-12-13(8)4/h6-7H,5H2,1-4H3,(H,9,10,12). The van der Waals surface area contributed by atoms with Gasteiger partial charge in [-0.15, -0.1) is 0 Å². The van der Waals surface area contributed by atoms with Gasteiger partial charge in [-0.25, -0.2) is 4.68 Å². The zero-order valence-corrected chi connectivity index (χ0v) is 8.65. The second-order valence-corrected chi connectivity index (χ2v) is 3.80. The molecule has 1 heterocycles. The molecule has 0 saturated carbocycles. The summed E-state index contributed by atoms with van der Waals surface area (Å²) >= 11 is 0. The predicted molar refractivity (Wildman–Crippen MR) is 51.3 cm³/mol. The third-order valence-electron chi connectivity index (χ3n) is 1.82. The first-order valence-corrected chi connectivity index (χ1v) is 4.58. The van der Waals surface area contributed by atoms with Gasteiger partial charge >= 0.3 is 0 Å². The summed E-state index contributed by atoms with van der Waals surface area (Å²) in [5, 5.41) is 14.4. The average Bonchev–Trinajstić information content (AvgIpc) is 2.34. The van der Waals surface area contributed by atoms with Crippen LogP contribution < -0.4 is 5.32 Å². The average molecular weight is 183 g/mol. The fraction of sp³-hybridized carbons (Fsp3) is 0.875. The number of nitrogens with one attached hydrogen (secondary N) is 1. The zero-order valence-electron chi connectivity index (χ0n) is 8.65. The Labute approximate surface area is 78.5 Å². The molecular formula is C8H17N5. The van der Waals surface area contributed by atoms with Crippen LogP contribution in [0.15, 0.2) is 0 Å². The Morgan fingerprint density at radius 1 is 1.38 bits per heavy atom. The van der Waals surface area contributed by atoms with Crippen LogP contribution in [-0.2, 0) is 7.05 Å². The number of aromatic nitrogens is 4. The highest BCUT2D eigenvalue weighted by molar-refractivity contribution is 5.22. The Morgan fingerprint density at radius 3 is 2.54 bits per heavy atom. The van der Waals surface area contributed by atoms with Gasteiger partial charge in [-0.3, -0.25) is 0 Å². The Morgan fingerprint density at radius 2 is 2.08 bits per heavy atom. The summed E-state index contributed by atoms with van der Waals surface area (Å²) in [4.78, 5) is 0. The summed E-state index contributed by atoms with van der Waals surface area (Å²) in [6.07, 6.45) is 1.12. The minimum absolute atomic E-state index is 0.407. The summed E-state index contributed by atoms with van der Waals surface area (Å²) < 4.78 is 1.64. The van der Waals surface area contributed by atoms with Gasteiger partial charge in [-0.2, -0.15) is 0 Å². The number of aryl methyl sites for hydroxylation is 1. The number of hydrogen-bond acceptors (Lipinski definition) is 4. The Hall–Kier alpha value is -1.13. The molecule has 0 aliphatic rings. The maximum atomic E-state index is 3.85. The van der Waals surface area contributed by atoms with E-state index in [0.717, 1.165) is 12.4 Å². The van der Waals surface area contributed by atoms with Crippen molar-refractivity contribution >= 4 is 5.95 Å². The molecule has 1 N–H and O–H groups in total. The van der Waals surface area contributed by atoms with Crippen LogP contribution in [0.3, 0.4) is 0 Å². The van der Waals surface area contributed by atoms with Crippen molar-refractivity contribution < 1.29 is 0 Å². The molecule has 0 spiro atoms. The van der Waals surface area contributed by atoms with E-state index in [2.05, 4.69) is 41.6 Å². The van der Waals surface area contributed by atoms with Gasteiger partial charge in [0.25, 0.3) is 0 Å². The first kappa shape index (κ1) is 9.95. The van der Waals surface area contributed by atoms with Crippen molar-refractivity contribution in [3.05, 3.63) is 0 Å². The molecule has 0 saturated heterocycles. The molecule has 5 heteroatoms. The molecule has 1 aromatic heterocycles. The minimum Gasteiger partial charge on any atom is -0.351 e. The lowest BCUT2D eigenvalue weighted by molar-refractivity contribution is 0.535. The Kier molecular flexibility index (Phi) is 3.22. The van der Waals surface area contributed by atoms with Crippen molar-refractivity contribution in [2.75, 3.05) is 5.32 Å². The van der Waals surface area contributed by atoms with E-state index in [4.69, 9.17) is 0 Å². The van der Waals surface area contributed by atoms with Crippen molar-refractivity contribution in [1.82, 2.24) is 20.2 Å². The van der Waals surface area contributed by atoms with E-state index in [1.807, 2.05) is 7.05 Å². The highest BCUT2D eigenvalue weighted by Crippen LogP contribution is 2.08. The number of nitrogens with zero attached hydrogens (tertiary/aromatic N) is 4. The van der Waals surface area contributed by atoms with Crippen LogP contribution in [0.4, 0.5) is 5.95 Å². The topological polar surface area (TPSA) is 55.6 Å². The summed E-state index contributed by atoms with van der Waals surface area (Å²) in [5.74, 6) is 1.41. The van der Waals surface area contributed by atoms with Gasteiger partial charge in [0.05, 0.1) is 0 Å². The normalized spacial score (nSPS) is 13.3. The largest absolute Gasteiger partial charge is 0.351 e. The zero-order chi connectivity index (χ0) is 9.84. The molecule has 0 aromatic carbocycles. The SMILES string of the molecule is CC(C)CC(C)Nc1nnnn1C. The Balaban J connectivity index is 2.45. The fourth-order valence-electron chi connectivity index (χ4n) is 1.34. The maximum Gasteiger partial charge on any atom is 0.242 e. The summed E-state index contributed by atoms with van der Waals surface area (Å²) in [7, 11) is 1.82. The van der Waals surface area contributed by atoms with E-state index in [0.29, 0.717) is 12.0 Å². The molecule has 1 rings (SSSR count).